The molecule has 0 aliphatic rings. The Bertz CT molecular complexity index is 253. The van der Waals surface area contributed by atoms with Crippen LogP contribution in [0.2, 0.25) is 0 Å². The third-order valence-corrected chi connectivity index (χ3v) is 1.91. The minimum atomic E-state index is -1.04. The lowest BCUT2D eigenvalue weighted by molar-refractivity contribution is 0.605. The zero-order chi connectivity index (χ0) is 8.97. The second-order valence-corrected chi connectivity index (χ2v) is 3.54. The average molecular weight is 184 g/mol. The number of nitrogens with zero attached hydrogens (tertiary/aromatic N) is 1. The van der Waals surface area contributed by atoms with Crippen molar-refractivity contribution in [2.75, 3.05) is 11.0 Å². The summed E-state index contributed by atoms with van der Waals surface area (Å²) in [5.74, 6) is 0.676. The molecule has 66 valence electrons. The van der Waals surface area contributed by atoms with Crippen LogP contribution in [0.5, 0.6) is 0 Å². The highest BCUT2D eigenvalue weighted by atomic mass is 32.2. The van der Waals surface area contributed by atoms with Crippen LogP contribution < -0.4 is 4.72 Å². The van der Waals surface area contributed by atoms with Crippen LogP contribution in [0.3, 0.4) is 0 Å². The molecule has 0 amide bonds. The number of hydrogen-bond acceptors (Lipinski definition) is 3. The van der Waals surface area contributed by atoms with Gasteiger partial charge in [0.25, 0.3) is 0 Å². The predicted octanol–water partition coefficient (Wildman–Crippen LogP) is 1.35. The van der Waals surface area contributed by atoms with Gasteiger partial charge in [-0.3, -0.25) is 0 Å². The first-order chi connectivity index (χ1) is 5.72. The highest BCUT2D eigenvalue weighted by molar-refractivity contribution is 7.92. The van der Waals surface area contributed by atoms with Crippen LogP contribution in [0.15, 0.2) is 18.2 Å². The van der Waals surface area contributed by atoms with Gasteiger partial charge in [-0.15, -0.1) is 0 Å². The molecule has 1 aromatic rings. The van der Waals surface area contributed by atoms with Crippen molar-refractivity contribution in [3.8, 4) is 0 Å². The molecule has 12 heavy (non-hydrogen) atoms. The van der Waals surface area contributed by atoms with Gasteiger partial charge in [0.2, 0.25) is 0 Å². The Labute approximate surface area is 75.5 Å². The summed E-state index contributed by atoms with van der Waals surface area (Å²) in [6.07, 6.45) is 2.48. The summed E-state index contributed by atoms with van der Waals surface area (Å²) in [6.45, 7) is 2.04. The van der Waals surface area contributed by atoms with E-state index >= 15 is 0 Å². The zero-order valence-electron chi connectivity index (χ0n) is 7.20. The van der Waals surface area contributed by atoms with E-state index in [4.69, 9.17) is 0 Å². The molecule has 0 bridgehead atoms. The van der Waals surface area contributed by atoms with E-state index in [0.717, 1.165) is 12.1 Å². The monoisotopic (exact) mass is 184 g/mol. The summed E-state index contributed by atoms with van der Waals surface area (Å²) >= 11 is -1.04. The lowest BCUT2D eigenvalue weighted by Gasteiger charge is -2.06. The van der Waals surface area contributed by atoms with E-state index in [9.17, 15) is 4.55 Å². The van der Waals surface area contributed by atoms with Gasteiger partial charge in [0.15, 0.2) is 5.82 Å². The summed E-state index contributed by atoms with van der Waals surface area (Å²) in [5.41, 5.74) is 1.01. The van der Waals surface area contributed by atoms with E-state index < -0.39 is 11.4 Å². The largest absolute Gasteiger partial charge is 0.593 e. The molecule has 1 rings (SSSR count). The zero-order valence-corrected chi connectivity index (χ0v) is 8.02. The Morgan fingerprint density at radius 3 is 2.92 bits per heavy atom. The smallest absolute Gasteiger partial charge is 0.170 e. The van der Waals surface area contributed by atoms with Gasteiger partial charge in [0, 0.05) is 5.69 Å². The SMILES string of the molecule is CCc1cccc(N[S+](C)[O-])n1. The standard InChI is InChI=1S/C8H12N2OS/c1-3-7-5-4-6-8(9-7)10-12(2)11/h4-6H,3H2,1-2H3,(H,9,10). The van der Waals surface area contributed by atoms with Crippen LogP contribution in [0, 0.1) is 0 Å². The number of anilines is 1. The fourth-order valence-corrected chi connectivity index (χ4v) is 1.29. The van der Waals surface area contributed by atoms with E-state index in [1.165, 1.54) is 0 Å². The second-order valence-electron chi connectivity index (χ2n) is 2.42. The molecule has 0 saturated carbocycles. The minimum absolute atomic E-state index is 0.676. The Morgan fingerprint density at radius 1 is 1.58 bits per heavy atom. The van der Waals surface area contributed by atoms with Crippen LogP contribution in [0.25, 0.3) is 0 Å². The van der Waals surface area contributed by atoms with Gasteiger partial charge in [-0.1, -0.05) is 13.0 Å². The fraction of sp³-hybridized carbons (Fsp3) is 0.375. The van der Waals surface area contributed by atoms with Gasteiger partial charge < -0.3 is 4.55 Å². The van der Waals surface area contributed by atoms with Crippen molar-refractivity contribution in [3.05, 3.63) is 23.9 Å². The molecular formula is C8H12N2OS. The van der Waals surface area contributed by atoms with E-state index in [-0.39, 0.29) is 0 Å². The summed E-state index contributed by atoms with van der Waals surface area (Å²) in [6, 6.07) is 5.66. The normalized spacial score (nSPS) is 12.6. The number of hydrogen-bond donors (Lipinski definition) is 1. The van der Waals surface area contributed by atoms with Crippen molar-refractivity contribution in [2.45, 2.75) is 13.3 Å². The third kappa shape index (κ3) is 2.71. The van der Waals surface area contributed by atoms with Gasteiger partial charge in [-0.25, -0.2) is 4.98 Å². The molecule has 0 saturated heterocycles. The maximum atomic E-state index is 10.8. The molecule has 3 nitrogen and oxygen atoms in total. The van der Waals surface area contributed by atoms with Crippen LogP contribution in [-0.2, 0) is 17.8 Å². The number of aryl methyl sites for hydroxylation is 1. The van der Waals surface area contributed by atoms with Gasteiger partial charge >= 0.3 is 0 Å². The van der Waals surface area contributed by atoms with Crippen molar-refractivity contribution in [1.82, 2.24) is 4.98 Å². The minimum Gasteiger partial charge on any atom is -0.593 e. The fourth-order valence-electron chi connectivity index (χ4n) is 0.881. The van der Waals surface area contributed by atoms with Crippen molar-refractivity contribution < 1.29 is 4.55 Å². The highest BCUT2D eigenvalue weighted by Crippen LogP contribution is 2.06. The van der Waals surface area contributed by atoms with Gasteiger partial charge in [0.1, 0.15) is 6.26 Å². The molecular weight excluding hydrogens is 172 g/mol. The molecule has 1 atom stereocenters. The lowest BCUT2D eigenvalue weighted by Crippen LogP contribution is -2.11. The molecule has 0 aliphatic heterocycles. The Hall–Kier alpha value is -0.740. The Kier molecular flexibility index (Phi) is 3.37. The highest BCUT2D eigenvalue weighted by Gasteiger charge is 1.99. The lowest BCUT2D eigenvalue weighted by atomic mass is 10.3. The molecule has 0 spiro atoms. The number of nitrogens with one attached hydrogen (secondary N) is 1. The van der Waals surface area contributed by atoms with Gasteiger partial charge in [-0.2, -0.15) is 4.72 Å². The first-order valence-corrected chi connectivity index (χ1v) is 5.34. The van der Waals surface area contributed by atoms with Crippen molar-refractivity contribution in [1.29, 1.82) is 0 Å². The van der Waals surface area contributed by atoms with E-state index in [1.54, 1.807) is 12.3 Å². The Morgan fingerprint density at radius 2 is 2.33 bits per heavy atom. The molecule has 1 aromatic heterocycles. The van der Waals surface area contributed by atoms with Crippen LogP contribution in [0.4, 0.5) is 5.82 Å². The third-order valence-electron chi connectivity index (χ3n) is 1.42. The maximum absolute atomic E-state index is 10.8. The predicted molar refractivity (Wildman–Crippen MR) is 51.3 cm³/mol. The number of pyridine rings is 1. The average Bonchev–Trinajstić information content (AvgIpc) is 2.03. The molecule has 0 radical (unpaired) electrons. The van der Waals surface area contributed by atoms with Crippen LogP contribution >= 0.6 is 0 Å². The first-order valence-electron chi connectivity index (χ1n) is 3.78. The molecule has 0 fully saturated rings. The van der Waals surface area contributed by atoms with Crippen molar-refractivity contribution >= 4 is 17.2 Å². The Balaban J connectivity index is 2.72. The molecule has 1 unspecified atom stereocenters. The summed E-state index contributed by atoms with van der Waals surface area (Å²) in [5, 5.41) is 0. The molecule has 1 heterocycles. The van der Waals surface area contributed by atoms with Crippen molar-refractivity contribution in [3.63, 3.8) is 0 Å². The summed E-state index contributed by atoms with van der Waals surface area (Å²) < 4.78 is 13.5. The summed E-state index contributed by atoms with van der Waals surface area (Å²) in [7, 11) is 0. The molecule has 1 N–H and O–H groups in total. The summed E-state index contributed by atoms with van der Waals surface area (Å²) in [4.78, 5) is 4.23. The van der Waals surface area contributed by atoms with E-state index in [1.807, 2.05) is 19.1 Å². The number of aromatic nitrogens is 1. The topological polar surface area (TPSA) is 48.0 Å². The van der Waals surface area contributed by atoms with Crippen LogP contribution in [0.1, 0.15) is 12.6 Å². The quantitative estimate of drug-likeness (QED) is 0.721. The van der Waals surface area contributed by atoms with Crippen LogP contribution in [-0.4, -0.2) is 15.8 Å². The maximum Gasteiger partial charge on any atom is 0.170 e. The van der Waals surface area contributed by atoms with E-state index in [2.05, 4.69) is 9.71 Å². The van der Waals surface area contributed by atoms with E-state index in [0.29, 0.717) is 5.82 Å². The molecule has 0 aromatic carbocycles. The van der Waals surface area contributed by atoms with Gasteiger partial charge in [-0.05, 0) is 18.6 Å². The van der Waals surface area contributed by atoms with Crippen molar-refractivity contribution in [2.24, 2.45) is 0 Å². The molecule has 0 aliphatic carbocycles. The number of rotatable bonds is 3. The molecule has 4 heteroatoms. The first kappa shape index (κ1) is 9.35. The van der Waals surface area contributed by atoms with Gasteiger partial charge in [0.05, 0.1) is 11.4 Å². The second kappa shape index (κ2) is 4.33.